The maximum atomic E-state index is 13.1. The normalized spacial score (nSPS) is 11.0. The van der Waals surface area contributed by atoms with Crippen LogP contribution >= 0.6 is 11.3 Å². The van der Waals surface area contributed by atoms with Crippen LogP contribution < -0.4 is 10.3 Å². The lowest BCUT2D eigenvalue weighted by atomic mass is 10.1. The SMILES string of the molecule is COc1cccc(Cn2cnc3c(-c4ccc(F)cc4)csc3c2=O)c1. The van der Waals surface area contributed by atoms with Crippen molar-refractivity contribution in [1.82, 2.24) is 9.55 Å². The molecule has 0 aliphatic heterocycles. The van der Waals surface area contributed by atoms with Gasteiger partial charge in [-0.2, -0.15) is 0 Å². The molecule has 26 heavy (non-hydrogen) atoms. The minimum atomic E-state index is -0.290. The van der Waals surface area contributed by atoms with Crippen molar-refractivity contribution in [1.29, 1.82) is 0 Å². The first-order valence-electron chi connectivity index (χ1n) is 8.01. The van der Waals surface area contributed by atoms with Crippen LogP contribution in [0.2, 0.25) is 0 Å². The van der Waals surface area contributed by atoms with Crippen LogP contribution in [0.3, 0.4) is 0 Å². The predicted octanol–water partition coefficient (Wildman–Crippen LogP) is 4.32. The summed E-state index contributed by atoms with van der Waals surface area (Å²) in [5, 5.41) is 1.89. The molecule has 0 N–H and O–H groups in total. The Hall–Kier alpha value is -2.99. The van der Waals surface area contributed by atoms with E-state index in [2.05, 4.69) is 4.98 Å². The van der Waals surface area contributed by atoms with Gasteiger partial charge in [0.25, 0.3) is 5.56 Å². The number of nitrogens with zero attached hydrogens (tertiary/aromatic N) is 2. The van der Waals surface area contributed by atoms with Gasteiger partial charge in [0.1, 0.15) is 16.3 Å². The van der Waals surface area contributed by atoms with Gasteiger partial charge in [-0.25, -0.2) is 9.37 Å². The summed E-state index contributed by atoms with van der Waals surface area (Å²) < 4.78 is 20.5. The highest BCUT2D eigenvalue weighted by Crippen LogP contribution is 2.30. The molecule has 0 fully saturated rings. The van der Waals surface area contributed by atoms with Crippen LogP contribution in [0.25, 0.3) is 21.3 Å². The Morgan fingerprint density at radius 3 is 2.77 bits per heavy atom. The molecule has 130 valence electrons. The van der Waals surface area contributed by atoms with Crippen molar-refractivity contribution in [3.8, 4) is 16.9 Å². The van der Waals surface area contributed by atoms with Crippen LogP contribution in [-0.2, 0) is 6.54 Å². The fraction of sp³-hybridized carbons (Fsp3) is 0.100. The number of aromatic nitrogens is 2. The summed E-state index contributed by atoms with van der Waals surface area (Å²) in [6.45, 7) is 0.419. The smallest absolute Gasteiger partial charge is 0.271 e. The van der Waals surface area contributed by atoms with E-state index in [-0.39, 0.29) is 11.4 Å². The van der Waals surface area contributed by atoms with Gasteiger partial charge in [0.2, 0.25) is 0 Å². The molecule has 0 amide bonds. The highest BCUT2D eigenvalue weighted by atomic mass is 32.1. The molecule has 0 atom stereocenters. The minimum Gasteiger partial charge on any atom is -0.497 e. The number of hydrogen-bond donors (Lipinski definition) is 0. The lowest BCUT2D eigenvalue weighted by molar-refractivity contribution is 0.414. The molecule has 0 aliphatic carbocycles. The van der Waals surface area contributed by atoms with Crippen LogP contribution in [0.4, 0.5) is 4.39 Å². The molecule has 2 aromatic heterocycles. The molecule has 0 bridgehead atoms. The predicted molar refractivity (Wildman–Crippen MR) is 101 cm³/mol. The summed E-state index contributed by atoms with van der Waals surface area (Å²) in [4.78, 5) is 17.3. The summed E-state index contributed by atoms with van der Waals surface area (Å²) >= 11 is 1.36. The second-order valence-electron chi connectivity index (χ2n) is 5.86. The highest BCUT2D eigenvalue weighted by Gasteiger charge is 2.13. The van der Waals surface area contributed by atoms with E-state index in [1.807, 2.05) is 29.6 Å². The number of benzene rings is 2. The average molecular weight is 366 g/mol. The molecule has 0 spiro atoms. The van der Waals surface area contributed by atoms with E-state index in [1.54, 1.807) is 30.1 Å². The zero-order chi connectivity index (χ0) is 18.1. The van der Waals surface area contributed by atoms with E-state index in [0.29, 0.717) is 16.8 Å². The van der Waals surface area contributed by atoms with Gasteiger partial charge < -0.3 is 4.74 Å². The van der Waals surface area contributed by atoms with Crippen LogP contribution in [0.1, 0.15) is 5.56 Å². The lowest BCUT2D eigenvalue weighted by Gasteiger charge is -2.07. The van der Waals surface area contributed by atoms with Gasteiger partial charge in [-0.1, -0.05) is 24.3 Å². The summed E-state index contributed by atoms with van der Waals surface area (Å²) in [6.07, 6.45) is 1.56. The molecular weight excluding hydrogens is 351 g/mol. The van der Waals surface area contributed by atoms with Crippen LogP contribution in [0, 0.1) is 5.82 Å². The third-order valence-corrected chi connectivity index (χ3v) is 5.15. The molecule has 6 heteroatoms. The monoisotopic (exact) mass is 366 g/mol. The van der Waals surface area contributed by atoms with Crippen molar-refractivity contribution < 1.29 is 9.13 Å². The number of ether oxygens (including phenoxy) is 1. The number of methoxy groups -OCH3 is 1. The first-order valence-corrected chi connectivity index (χ1v) is 8.89. The summed E-state index contributed by atoms with van der Waals surface area (Å²) in [5.41, 5.74) is 3.21. The fourth-order valence-corrected chi connectivity index (χ4v) is 3.83. The summed E-state index contributed by atoms with van der Waals surface area (Å²) in [7, 11) is 1.61. The van der Waals surface area contributed by atoms with E-state index >= 15 is 0 Å². The van der Waals surface area contributed by atoms with Gasteiger partial charge in [0.15, 0.2) is 0 Å². The number of rotatable bonds is 4. The van der Waals surface area contributed by atoms with Crippen molar-refractivity contribution in [3.05, 3.63) is 82.0 Å². The quantitative estimate of drug-likeness (QED) is 0.540. The third kappa shape index (κ3) is 2.99. The second kappa shape index (κ2) is 6.72. The molecule has 4 rings (SSSR count). The molecular formula is C20H15FN2O2S. The number of hydrogen-bond acceptors (Lipinski definition) is 4. The Labute approximate surface area is 153 Å². The standard InChI is InChI=1S/C20H15FN2O2S/c1-25-16-4-2-3-13(9-16)10-23-12-22-18-17(11-26-19(18)20(23)24)14-5-7-15(21)8-6-14/h2-9,11-12H,10H2,1H3. The molecule has 0 saturated heterocycles. The van der Waals surface area contributed by atoms with E-state index in [4.69, 9.17) is 4.74 Å². The van der Waals surface area contributed by atoms with Crippen LogP contribution in [0.5, 0.6) is 5.75 Å². The number of thiophene rings is 1. The zero-order valence-electron chi connectivity index (χ0n) is 14.0. The Balaban J connectivity index is 1.74. The highest BCUT2D eigenvalue weighted by molar-refractivity contribution is 7.17. The van der Waals surface area contributed by atoms with Gasteiger partial charge in [-0.3, -0.25) is 9.36 Å². The summed E-state index contributed by atoms with van der Waals surface area (Å²) in [6, 6.07) is 13.8. The average Bonchev–Trinajstić information content (AvgIpc) is 3.10. The van der Waals surface area contributed by atoms with Crippen molar-refractivity contribution in [2.45, 2.75) is 6.54 Å². The summed E-state index contributed by atoms with van der Waals surface area (Å²) in [5.74, 6) is 0.459. The Kier molecular flexibility index (Phi) is 4.26. The van der Waals surface area contributed by atoms with E-state index in [1.165, 1.54) is 23.5 Å². The van der Waals surface area contributed by atoms with E-state index in [9.17, 15) is 9.18 Å². The maximum absolute atomic E-state index is 13.1. The second-order valence-corrected chi connectivity index (χ2v) is 6.74. The number of halogens is 1. The zero-order valence-corrected chi connectivity index (χ0v) is 14.8. The Morgan fingerprint density at radius 2 is 2.00 bits per heavy atom. The largest absolute Gasteiger partial charge is 0.497 e. The van der Waals surface area contributed by atoms with Gasteiger partial charge in [-0.05, 0) is 35.4 Å². The lowest BCUT2D eigenvalue weighted by Crippen LogP contribution is -2.20. The molecule has 0 radical (unpaired) electrons. The van der Waals surface area contributed by atoms with Crippen molar-refractivity contribution in [3.63, 3.8) is 0 Å². The molecule has 4 nitrogen and oxygen atoms in total. The van der Waals surface area contributed by atoms with Gasteiger partial charge >= 0.3 is 0 Å². The molecule has 0 aliphatic rings. The topological polar surface area (TPSA) is 44.1 Å². The van der Waals surface area contributed by atoms with Crippen LogP contribution in [0.15, 0.2) is 65.0 Å². The maximum Gasteiger partial charge on any atom is 0.271 e. The Bertz CT molecular complexity index is 1130. The first-order chi connectivity index (χ1) is 12.7. The van der Waals surface area contributed by atoms with Gasteiger partial charge in [-0.15, -0.1) is 11.3 Å². The fourth-order valence-electron chi connectivity index (χ4n) is 2.86. The molecule has 0 saturated carbocycles. The van der Waals surface area contributed by atoms with E-state index in [0.717, 1.165) is 22.4 Å². The van der Waals surface area contributed by atoms with Gasteiger partial charge in [0.05, 0.1) is 25.5 Å². The minimum absolute atomic E-state index is 0.0869. The molecule has 2 heterocycles. The molecule has 4 aromatic rings. The van der Waals surface area contributed by atoms with Gasteiger partial charge in [0, 0.05) is 10.9 Å². The van der Waals surface area contributed by atoms with Crippen molar-refractivity contribution in [2.75, 3.05) is 7.11 Å². The number of fused-ring (bicyclic) bond motifs is 1. The Morgan fingerprint density at radius 1 is 1.19 bits per heavy atom. The van der Waals surface area contributed by atoms with Crippen molar-refractivity contribution >= 4 is 21.6 Å². The van der Waals surface area contributed by atoms with E-state index < -0.39 is 0 Å². The van der Waals surface area contributed by atoms with Crippen LogP contribution in [-0.4, -0.2) is 16.7 Å². The third-order valence-electron chi connectivity index (χ3n) is 4.19. The molecule has 0 unspecified atom stereocenters. The first kappa shape index (κ1) is 16.5. The van der Waals surface area contributed by atoms with Crippen molar-refractivity contribution in [2.24, 2.45) is 0 Å². The molecule has 2 aromatic carbocycles.